The highest BCUT2D eigenvalue weighted by atomic mass is 32.2. The fraction of sp³-hybridized carbons (Fsp3) is 0.750. The van der Waals surface area contributed by atoms with Crippen molar-refractivity contribution in [2.45, 2.75) is 6.92 Å². The average Bonchev–Trinajstić information content (AvgIpc) is 1.68. The zero-order valence-electron chi connectivity index (χ0n) is 4.35. The fourth-order valence-corrected chi connectivity index (χ4v) is 0.433. The van der Waals surface area contributed by atoms with E-state index >= 15 is 0 Å². The van der Waals surface area contributed by atoms with Crippen molar-refractivity contribution in [3.63, 3.8) is 0 Å². The van der Waals surface area contributed by atoms with Crippen LogP contribution < -0.4 is 0 Å². The molecule has 0 aromatic carbocycles. The van der Waals surface area contributed by atoms with Gasteiger partial charge in [0.25, 0.3) is 0 Å². The number of hydrogen-bond acceptors (Lipinski definition) is 2. The molecular weight excluding hydrogens is 112 g/mol. The Bertz CT molecular complexity index is 113. The minimum absolute atomic E-state index is 0.0174. The molecule has 0 spiro atoms. The molecule has 0 unspecified atom stereocenters. The summed E-state index contributed by atoms with van der Waals surface area (Å²) in [6, 6.07) is 0. The standard InChI is InChI=1S/C4H9O2S/c1-3-7(5,6)4-2/h1,3-4H2,2H3. The van der Waals surface area contributed by atoms with Crippen LogP contribution in [0.25, 0.3) is 0 Å². The zero-order valence-corrected chi connectivity index (χ0v) is 5.16. The van der Waals surface area contributed by atoms with Crippen LogP contribution in [0.4, 0.5) is 0 Å². The van der Waals surface area contributed by atoms with Crippen molar-refractivity contribution in [1.29, 1.82) is 0 Å². The number of hydrogen-bond donors (Lipinski definition) is 0. The molecule has 0 saturated heterocycles. The van der Waals surface area contributed by atoms with E-state index in [1.807, 2.05) is 0 Å². The molecule has 3 heteroatoms. The Balaban J connectivity index is 3.89. The highest BCUT2D eigenvalue weighted by Gasteiger charge is 1.99. The van der Waals surface area contributed by atoms with Crippen molar-refractivity contribution in [2.24, 2.45) is 0 Å². The van der Waals surface area contributed by atoms with Crippen molar-refractivity contribution in [3.8, 4) is 0 Å². The second kappa shape index (κ2) is 2.31. The lowest BCUT2D eigenvalue weighted by atomic mass is 11.0. The van der Waals surface area contributed by atoms with E-state index in [0.717, 1.165) is 0 Å². The maximum Gasteiger partial charge on any atom is 0.150 e. The van der Waals surface area contributed by atoms with Gasteiger partial charge < -0.3 is 0 Å². The van der Waals surface area contributed by atoms with Crippen LogP contribution in [0.3, 0.4) is 0 Å². The molecule has 0 aliphatic carbocycles. The van der Waals surface area contributed by atoms with Gasteiger partial charge in [-0.15, -0.1) is 0 Å². The Kier molecular flexibility index (Phi) is 2.29. The molecule has 0 aliphatic rings. The first kappa shape index (κ1) is 6.95. The minimum Gasteiger partial charge on any atom is -0.229 e. The molecule has 0 aromatic heterocycles. The van der Waals surface area contributed by atoms with E-state index in [2.05, 4.69) is 6.92 Å². The molecule has 0 aliphatic heterocycles. The Labute approximate surface area is 44.5 Å². The van der Waals surface area contributed by atoms with Gasteiger partial charge in [0.1, 0.15) is 9.84 Å². The zero-order chi connectivity index (χ0) is 5.91. The number of rotatable bonds is 2. The first-order chi connectivity index (χ1) is 3.12. The summed E-state index contributed by atoms with van der Waals surface area (Å²) < 4.78 is 20.6. The Morgan fingerprint density at radius 2 is 2.00 bits per heavy atom. The van der Waals surface area contributed by atoms with Crippen LogP contribution in [0, 0.1) is 6.92 Å². The minimum atomic E-state index is -2.77. The van der Waals surface area contributed by atoms with Gasteiger partial charge in [-0.05, 0) is 6.92 Å². The van der Waals surface area contributed by atoms with Gasteiger partial charge in [-0.1, -0.05) is 6.92 Å². The van der Waals surface area contributed by atoms with E-state index in [0.29, 0.717) is 0 Å². The summed E-state index contributed by atoms with van der Waals surface area (Å²) >= 11 is 0. The van der Waals surface area contributed by atoms with Gasteiger partial charge in [0.2, 0.25) is 0 Å². The second-order valence-electron chi connectivity index (χ2n) is 1.24. The topological polar surface area (TPSA) is 34.1 Å². The van der Waals surface area contributed by atoms with E-state index in [-0.39, 0.29) is 11.5 Å². The van der Waals surface area contributed by atoms with Crippen LogP contribution >= 0.6 is 0 Å². The maximum atomic E-state index is 10.3. The lowest BCUT2D eigenvalue weighted by Crippen LogP contribution is -2.04. The highest BCUT2D eigenvalue weighted by molar-refractivity contribution is 7.91. The molecule has 0 amide bonds. The van der Waals surface area contributed by atoms with Crippen molar-refractivity contribution in [3.05, 3.63) is 6.92 Å². The van der Waals surface area contributed by atoms with Crippen LogP contribution in [0.5, 0.6) is 0 Å². The third-order valence-corrected chi connectivity index (χ3v) is 2.25. The SMILES string of the molecule is [CH2]CS(=O)(=O)CC. The van der Waals surface area contributed by atoms with Gasteiger partial charge in [-0.25, -0.2) is 8.42 Å². The van der Waals surface area contributed by atoms with Gasteiger partial charge in [0.05, 0.1) is 5.75 Å². The first-order valence-electron chi connectivity index (χ1n) is 2.12. The normalized spacial score (nSPS) is 11.7. The van der Waals surface area contributed by atoms with Crippen LogP contribution in [0.15, 0.2) is 0 Å². The Morgan fingerprint density at radius 1 is 1.57 bits per heavy atom. The van der Waals surface area contributed by atoms with Crippen LogP contribution in [-0.4, -0.2) is 19.9 Å². The summed E-state index contributed by atoms with van der Waals surface area (Å²) in [4.78, 5) is 0. The lowest BCUT2D eigenvalue weighted by molar-refractivity contribution is 0.600. The predicted molar refractivity (Wildman–Crippen MR) is 29.7 cm³/mol. The molecule has 0 N–H and O–H groups in total. The summed E-state index contributed by atoms with van der Waals surface area (Å²) in [6.07, 6.45) is 0. The average molecular weight is 121 g/mol. The van der Waals surface area contributed by atoms with Gasteiger partial charge in [-0.3, -0.25) is 0 Å². The van der Waals surface area contributed by atoms with Gasteiger partial charge in [0, 0.05) is 5.75 Å². The molecule has 2 nitrogen and oxygen atoms in total. The van der Waals surface area contributed by atoms with Crippen LogP contribution in [0.1, 0.15) is 6.92 Å². The van der Waals surface area contributed by atoms with Crippen LogP contribution in [0.2, 0.25) is 0 Å². The van der Waals surface area contributed by atoms with E-state index in [1.54, 1.807) is 6.92 Å². The van der Waals surface area contributed by atoms with Crippen LogP contribution in [-0.2, 0) is 9.84 Å². The van der Waals surface area contributed by atoms with Crippen molar-refractivity contribution >= 4 is 9.84 Å². The van der Waals surface area contributed by atoms with E-state index in [9.17, 15) is 8.42 Å². The summed E-state index contributed by atoms with van der Waals surface area (Å²) in [5.41, 5.74) is 0. The van der Waals surface area contributed by atoms with E-state index in [1.165, 1.54) is 0 Å². The molecule has 7 heavy (non-hydrogen) atoms. The summed E-state index contributed by atoms with van der Waals surface area (Å²) in [7, 11) is -2.77. The lowest BCUT2D eigenvalue weighted by Gasteiger charge is -1.89. The molecular formula is C4H9O2S. The van der Waals surface area contributed by atoms with Gasteiger partial charge in [-0.2, -0.15) is 0 Å². The largest absolute Gasteiger partial charge is 0.229 e. The third-order valence-electron chi connectivity index (χ3n) is 0.751. The summed E-state index contributed by atoms with van der Waals surface area (Å²) in [5.74, 6) is 0.222. The van der Waals surface area contributed by atoms with E-state index in [4.69, 9.17) is 0 Å². The number of sulfone groups is 1. The second-order valence-corrected chi connectivity index (χ2v) is 3.71. The molecule has 0 bridgehead atoms. The van der Waals surface area contributed by atoms with Gasteiger partial charge in [0.15, 0.2) is 0 Å². The maximum absolute atomic E-state index is 10.3. The quantitative estimate of drug-likeness (QED) is 0.525. The smallest absolute Gasteiger partial charge is 0.150 e. The fourth-order valence-electron chi connectivity index (χ4n) is 0.144. The first-order valence-corrected chi connectivity index (χ1v) is 3.94. The molecule has 0 heterocycles. The van der Waals surface area contributed by atoms with Crippen molar-refractivity contribution < 1.29 is 8.42 Å². The molecule has 0 saturated carbocycles. The molecule has 0 atom stereocenters. The Morgan fingerprint density at radius 3 is 2.00 bits per heavy atom. The Hall–Kier alpha value is -0.0500. The van der Waals surface area contributed by atoms with Crippen molar-refractivity contribution in [2.75, 3.05) is 11.5 Å². The van der Waals surface area contributed by atoms with E-state index < -0.39 is 9.84 Å². The molecule has 0 aromatic rings. The van der Waals surface area contributed by atoms with Gasteiger partial charge >= 0.3 is 0 Å². The molecule has 1 radical (unpaired) electrons. The highest BCUT2D eigenvalue weighted by Crippen LogP contribution is 1.84. The summed E-state index contributed by atoms with van der Waals surface area (Å²) in [5, 5.41) is 0. The monoisotopic (exact) mass is 121 g/mol. The molecule has 0 rings (SSSR count). The van der Waals surface area contributed by atoms with Crippen molar-refractivity contribution in [1.82, 2.24) is 0 Å². The summed E-state index contributed by atoms with van der Waals surface area (Å²) in [6.45, 7) is 4.85. The molecule has 43 valence electrons. The molecule has 0 fully saturated rings. The third kappa shape index (κ3) is 2.62. The predicted octanol–water partition coefficient (Wildman–Crippen LogP) is 0.255.